The zero-order valence-electron chi connectivity index (χ0n) is 12.6. The largest absolute Gasteiger partial charge is 0.481 e. The second-order valence-corrected chi connectivity index (χ2v) is 5.90. The van der Waals surface area contributed by atoms with Crippen LogP contribution in [0, 0.1) is 0 Å². The topological polar surface area (TPSA) is 64.4 Å². The molecule has 3 rings (SSSR count). The summed E-state index contributed by atoms with van der Waals surface area (Å²) in [6.45, 7) is 2.01. The average Bonchev–Trinajstić information content (AvgIpc) is 3.24. The molecule has 6 heteroatoms. The van der Waals surface area contributed by atoms with Crippen molar-refractivity contribution < 1.29 is 14.1 Å². The number of hydrogen-bond acceptors (Lipinski definition) is 5. The third kappa shape index (κ3) is 3.98. The van der Waals surface area contributed by atoms with Crippen LogP contribution >= 0.6 is 11.3 Å². The molecule has 2 heterocycles. The van der Waals surface area contributed by atoms with Crippen molar-refractivity contribution in [1.82, 2.24) is 10.5 Å². The van der Waals surface area contributed by atoms with Gasteiger partial charge in [-0.15, -0.1) is 11.3 Å². The lowest BCUT2D eigenvalue weighted by molar-refractivity contribution is -0.127. The van der Waals surface area contributed by atoms with E-state index in [1.807, 2.05) is 53.9 Å². The lowest BCUT2D eigenvalue weighted by Crippen LogP contribution is -2.35. The van der Waals surface area contributed by atoms with E-state index in [1.165, 1.54) is 0 Å². The van der Waals surface area contributed by atoms with Crippen LogP contribution in [0.4, 0.5) is 0 Å². The maximum absolute atomic E-state index is 12.1. The Hall–Kier alpha value is -2.60. The van der Waals surface area contributed by atoms with Gasteiger partial charge in [-0.3, -0.25) is 4.79 Å². The number of ether oxygens (including phenoxy) is 1. The van der Waals surface area contributed by atoms with Gasteiger partial charge in [0.2, 0.25) is 0 Å². The van der Waals surface area contributed by atoms with Gasteiger partial charge in [0.05, 0.1) is 11.4 Å². The fourth-order valence-corrected chi connectivity index (χ4v) is 2.68. The first-order valence-electron chi connectivity index (χ1n) is 7.21. The number of carbonyl (C=O) groups excluding carboxylic acids is 1. The molecule has 23 heavy (non-hydrogen) atoms. The third-order valence-corrected chi connectivity index (χ3v) is 4.08. The molecule has 5 nitrogen and oxygen atoms in total. The molecule has 0 saturated heterocycles. The Morgan fingerprint density at radius 1 is 1.30 bits per heavy atom. The molecule has 1 unspecified atom stereocenters. The molecule has 0 bridgehead atoms. The summed E-state index contributed by atoms with van der Waals surface area (Å²) in [5.41, 5.74) is 0.675. The van der Waals surface area contributed by atoms with Crippen LogP contribution in [-0.4, -0.2) is 17.2 Å². The van der Waals surface area contributed by atoms with E-state index in [2.05, 4.69) is 10.5 Å². The summed E-state index contributed by atoms with van der Waals surface area (Å²) in [7, 11) is 0. The molecule has 2 aromatic heterocycles. The first-order valence-corrected chi connectivity index (χ1v) is 8.09. The molecule has 3 aromatic rings. The standard InChI is InChI=1S/C17H16N2O3S/c1-12(21-14-6-3-2-4-7-14)17(20)18-11-13-10-15(22-19-13)16-8-5-9-23-16/h2-10,12H,11H2,1H3,(H,18,20). The zero-order valence-corrected chi connectivity index (χ0v) is 13.4. The van der Waals surface area contributed by atoms with E-state index in [4.69, 9.17) is 9.26 Å². The highest BCUT2D eigenvalue weighted by Gasteiger charge is 2.15. The summed E-state index contributed by atoms with van der Waals surface area (Å²) in [6.07, 6.45) is -0.582. The SMILES string of the molecule is CC(Oc1ccccc1)C(=O)NCc1cc(-c2cccs2)on1. The number of carbonyl (C=O) groups is 1. The molecular weight excluding hydrogens is 312 g/mol. The Morgan fingerprint density at radius 2 is 2.13 bits per heavy atom. The zero-order chi connectivity index (χ0) is 16.1. The molecule has 0 fully saturated rings. The Balaban J connectivity index is 1.52. The van der Waals surface area contributed by atoms with E-state index in [0.29, 0.717) is 23.7 Å². The van der Waals surface area contributed by atoms with Crippen LogP contribution in [0.1, 0.15) is 12.6 Å². The molecule has 0 radical (unpaired) electrons. The van der Waals surface area contributed by atoms with E-state index >= 15 is 0 Å². The number of rotatable bonds is 6. The van der Waals surface area contributed by atoms with E-state index in [1.54, 1.807) is 18.3 Å². The van der Waals surface area contributed by atoms with Crippen LogP contribution in [-0.2, 0) is 11.3 Å². The predicted molar refractivity (Wildman–Crippen MR) is 88.2 cm³/mol. The molecular formula is C17H16N2O3S. The van der Waals surface area contributed by atoms with E-state index in [0.717, 1.165) is 4.88 Å². The van der Waals surface area contributed by atoms with Gasteiger partial charge in [-0.25, -0.2) is 0 Å². The molecule has 1 N–H and O–H groups in total. The average molecular weight is 328 g/mol. The molecule has 0 aliphatic heterocycles. The second kappa shape index (κ2) is 7.11. The fraction of sp³-hybridized carbons (Fsp3) is 0.176. The maximum Gasteiger partial charge on any atom is 0.261 e. The number of thiophene rings is 1. The van der Waals surface area contributed by atoms with Crippen LogP contribution in [0.5, 0.6) is 5.75 Å². The highest BCUT2D eigenvalue weighted by atomic mass is 32.1. The van der Waals surface area contributed by atoms with Crippen molar-refractivity contribution in [2.45, 2.75) is 19.6 Å². The van der Waals surface area contributed by atoms with Crippen molar-refractivity contribution in [3.8, 4) is 16.4 Å². The fourth-order valence-electron chi connectivity index (χ4n) is 2.01. The van der Waals surface area contributed by atoms with Crippen LogP contribution in [0.3, 0.4) is 0 Å². The van der Waals surface area contributed by atoms with Crippen LogP contribution in [0.25, 0.3) is 10.6 Å². The highest BCUT2D eigenvalue weighted by Crippen LogP contribution is 2.25. The van der Waals surface area contributed by atoms with Crippen molar-refractivity contribution >= 4 is 17.2 Å². The normalized spacial score (nSPS) is 11.9. The van der Waals surface area contributed by atoms with Gasteiger partial charge in [0.1, 0.15) is 11.4 Å². The molecule has 0 saturated carbocycles. The van der Waals surface area contributed by atoms with Gasteiger partial charge in [-0.05, 0) is 30.5 Å². The first kappa shape index (κ1) is 15.3. The minimum Gasteiger partial charge on any atom is -0.481 e. The maximum atomic E-state index is 12.1. The molecule has 118 valence electrons. The predicted octanol–water partition coefficient (Wildman–Crippen LogP) is 3.49. The van der Waals surface area contributed by atoms with Crippen molar-refractivity contribution in [1.29, 1.82) is 0 Å². The molecule has 0 spiro atoms. The van der Waals surface area contributed by atoms with Gasteiger partial charge in [0, 0.05) is 6.07 Å². The minimum absolute atomic E-state index is 0.200. The van der Waals surface area contributed by atoms with Crippen molar-refractivity contribution in [3.05, 3.63) is 59.6 Å². The van der Waals surface area contributed by atoms with E-state index in [9.17, 15) is 4.79 Å². The highest BCUT2D eigenvalue weighted by molar-refractivity contribution is 7.13. The summed E-state index contributed by atoms with van der Waals surface area (Å²) in [4.78, 5) is 13.1. The van der Waals surface area contributed by atoms with Crippen molar-refractivity contribution in [2.75, 3.05) is 0 Å². The number of hydrogen-bond donors (Lipinski definition) is 1. The summed E-state index contributed by atoms with van der Waals surface area (Å²) in [5.74, 6) is 1.17. The molecule has 1 aromatic carbocycles. The lowest BCUT2D eigenvalue weighted by Gasteiger charge is -2.13. The number of aromatic nitrogens is 1. The molecule has 0 aliphatic carbocycles. The van der Waals surface area contributed by atoms with Gasteiger partial charge < -0.3 is 14.6 Å². The van der Waals surface area contributed by atoms with Crippen LogP contribution in [0.15, 0.2) is 58.4 Å². The van der Waals surface area contributed by atoms with Crippen LogP contribution in [0.2, 0.25) is 0 Å². The number of nitrogens with one attached hydrogen (secondary N) is 1. The Bertz CT molecular complexity index is 753. The quantitative estimate of drug-likeness (QED) is 0.752. The molecule has 1 atom stereocenters. The van der Waals surface area contributed by atoms with Crippen molar-refractivity contribution in [2.24, 2.45) is 0 Å². The summed E-state index contributed by atoms with van der Waals surface area (Å²) in [6, 6.07) is 15.0. The molecule has 1 amide bonds. The van der Waals surface area contributed by atoms with Gasteiger partial charge in [0.15, 0.2) is 11.9 Å². The van der Waals surface area contributed by atoms with Crippen LogP contribution < -0.4 is 10.1 Å². The van der Waals surface area contributed by atoms with Gasteiger partial charge in [0.25, 0.3) is 5.91 Å². The number of para-hydroxylation sites is 1. The van der Waals surface area contributed by atoms with Gasteiger partial charge in [-0.1, -0.05) is 29.4 Å². The summed E-state index contributed by atoms with van der Waals surface area (Å²) < 4.78 is 10.8. The van der Waals surface area contributed by atoms with E-state index < -0.39 is 6.10 Å². The monoisotopic (exact) mass is 328 g/mol. The number of amides is 1. The number of nitrogens with zero attached hydrogens (tertiary/aromatic N) is 1. The van der Waals surface area contributed by atoms with Gasteiger partial charge >= 0.3 is 0 Å². The van der Waals surface area contributed by atoms with Crippen molar-refractivity contribution in [3.63, 3.8) is 0 Å². The summed E-state index contributed by atoms with van der Waals surface area (Å²) >= 11 is 1.58. The van der Waals surface area contributed by atoms with Gasteiger partial charge in [-0.2, -0.15) is 0 Å². The molecule has 0 aliphatic rings. The first-order chi connectivity index (χ1) is 11.2. The Morgan fingerprint density at radius 3 is 2.87 bits per heavy atom. The Kier molecular flexibility index (Phi) is 4.73. The minimum atomic E-state index is -0.582. The smallest absolute Gasteiger partial charge is 0.261 e. The van der Waals surface area contributed by atoms with E-state index in [-0.39, 0.29) is 5.91 Å². The number of benzene rings is 1. The Labute approximate surface area is 137 Å². The third-order valence-electron chi connectivity index (χ3n) is 3.19. The second-order valence-electron chi connectivity index (χ2n) is 4.95. The lowest BCUT2D eigenvalue weighted by atomic mass is 10.3. The summed E-state index contributed by atoms with van der Waals surface area (Å²) in [5, 5.41) is 8.73.